The van der Waals surface area contributed by atoms with Crippen molar-refractivity contribution in [1.29, 1.82) is 0 Å². The number of benzene rings is 2. The van der Waals surface area contributed by atoms with Crippen LogP contribution in [0.4, 0.5) is 5.69 Å². The van der Waals surface area contributed by atoms with E-state index in [0.29, 0.717) is 35.2 Å². The second-order valence-corrected chi connectivity index (χ2v) is 8.97. The third-order valence-electron chi connectivity index (χ3n) is 5.17. The van der Waals surface area contributed by atoms with Crippen molar-refractivity contribution in [3.8, 4) is 5.75 Å². The Labute approximate surface area is 202 Å². The molecule has 4 rings (SSSR count). The van der Waals surface area contributed by atoms with Gasteiger partial charge in [-0.1, -0.05) is 36.8 Å². The number of fused-ring (bicyclic) bond motifs is 1. The first-order valence-electron chi connectivity index (χ1n) is 11.1. The molecule has 0 bridgehead atoms. The van der Waals surface area contributed by atoms with Gasteiger partial charge in [0.05, 0.1) is 11.4 Å². The Hall–Kier alpha value is -3.59. The minimum Gasteiger partial charge on any atom is -0.481 e. The van der Waals surface area contributed by atoms with Crippen molar-refractivity contribution in [3.05, 3.63) is 82.5 Å². The molecule has 1 unspecified atom stereocenters. The number of anilines is 1. The number of nitrogens with one attached hydrogen (secondary N) is 1. The molecule has 0 aliphatic heterocycles. The average Bonchev–Trinajstić information content (AvgIpc) is 3.23. The van der Waals surface area contributed by atoms with Crippen molar-refractivity contribution in [3.63, 3.8) is 0 Å². The van der Waals surface area contributed by atoms with E-state index in [4.69, 9.17) is 4.74 Å². The van der Waals surface area contributed by atoms with Gasteiger partial charge in [0.25, 0.3) is 17.2 Å². The van der Waals surface area contributed by atoms with Crippen molar-refractivity contribution < 1.29 is 9.53 Å². The molecule has 0 saturated carbocycles. The highest BCUT2D eigenvalue weighted by molar-refractivity contribution is 7.98. The predicted octanol–water partition coefficient (Wildman–Crippen LogP) is 4.31. The summed E-state index contributed by atoms with van der Waals surface area (Å²) in [6, 6.07) is 16.6. The number of aromatic nitrogens is 4. The Morgan fingerprint density at radius 3 is 2.71 bits per heavy atom. The number of ether oxygens (including phenoxy) is 1. The molecular formula is C25H27N5O3S. The van der Waals surface area contributed by atoms with E-state index in [1.807, 2.05) is 62.4 Å². The van der Waals surface area contributed by atoms with E-state index in [1.165, 1.54) is 22.3 Å². The summed E-state index contributed by atoms with van der Waals surface area (Å²) >= 11 is 1.49. The highest BCUT2D eigenvalue weighted by Gasteiger charge is 2.17. The lowest BCUT2D eigenvalue weighted by molar-refractivity contribution is -0.122. The highest BCUT2D eigenvalue weighted by Crippen LogP contribution is 2.29. The summed E-state index contributed by atoms with van der Waals surface area (Å²) in [6.07, 6.45) is 1.87. The molecule has 0 aliphatic rings. The molecule has 0 radical (unpaired) electrons. The van der Waals surface area contributed by atoms with Gasteiger partial charge in [0.15, 0.2) is 6.10 Å². The Morgan fingerprint density at radius 2 is 1.94 bits per heavy atom. The molecule has 34 heavy (non-hydrogen) atoms. The summed E-state index contributed by atoms with van der Waals surface area (Å²) < 4.78 is 9.03. The number of aryl methyl sites for hydroxylation is 2. The monoisotopic (exact) mass is 477 g/mol. The van der Waals surface area contributed by atoms with Crippen LogP contribution in [0.2, 0.25) is 0 Å². The van der Waals surface area contributed by atoms with E-state index in [1.54, 1.807) is 17.9 Å². The first-order valence-corrected chi connectivity index (χ1v) is 12.1. The average molecular weight is 478 g/mol. The molecule has 2 aromatic carbocycles. The molecule has 4 aromatic rings. The molecule has 9 heteroatoms. The summed E-state index contributed by atoms with van der Waals surface area (Å²) in [5.41, 5.74) is 2.28. The minimum atomic E-state index is -0.664. The molecular weight excluding hydrogens is 450 g/mol. The number of nitrogens with zero attached hydrogens (tertiary/aromatic N) is 4. The summed E-state index contributed by atoms with van der Waals surface area (Å²) in [6.45, 7) is 6.46. The maximum Gasteiger partial charge on any atom is 0.274 e. The Bertz CT molecular complexity index is 1350. The van der Waals surface area contributed by atoms with Gasteiger partial charge >= 0.3 is 0 Å². The number of hydrogen-bond donors (Lipinski definition) is 1. The van der Waals surface area contributed by atoms with Gasteiger partial charge in [-0.05, 0) is 44.5 Å². The lowest BCUT2D eigenvalue weighted by atomic mass is 10.2. The van der Waals surface area contributed by atoms with E-state index < -0.39 is 6.10 Å². The Balaban J connectivity index is 1.44. The fourth-order valence-corrected chi connectivity index (χ4v) is 4.32. The van der Waals surface area contributed by atoms with Gasteiger partial charge in [0, 0.05) is 23.3 Å². The zero-order valence-electron chi connectivity index (χ0n) is 19.4. The first-order chi connectivity index (χ1) is 16.4. The number of rotatable bonds is 9. The summed E-state index contributed by atoms with van der Waals surface area (Å²) in [5.74, 6) is 1.26. The van der Waals surface area contributed by atoms with Gasteiger partial charge in [-0.3, -0.25) is 14.3 Å². The second-order valence-electron chi connectivity index (χ2n) is 7.95. The van der Waals surface area contributed by atoms with Crippen molar-refractivity contribution in [2.75, 3.05) is 5.32 Å². The molecule has 1 N–H and O–H groups in total. The number of carbonyl (C=O) groups is 1. The molecule has 176 valence electrons. The van der Waals surface area contributed by atoms with E-state index in [9.17, 15) is 9.59 Å². The largest absolute Gasteiger partial charge is 0.481 e. The molecule has 0 aliphatic carbocycles. The SMILES string of the molecule is CCCn1cnc2nc(CSc3ccccc3NC(=O)C(C)Oc3ccc(C)cc3)cc(=O)n21. The molecule has 0 saturated heterocycles. The van der Waals surface area contributed by atoms with Gasteiger partial charge in [-0.25, -0.2) is 4.98 Å². The number of carbonyl (C=O) groups excluding carboxylic acids is 1. The molecule has 2 aromatic heterocycles. The summed E-state index contributed by atoms with van der Waals surface area (Å²) in [5, 5.41) is 2.95. The fraction of sp³-hybridized carbons (Fsp3) is 0.280. The van der Waals surface area contributed by atoms with E-state index >= 15 is 0 Å². The van der Waals surface area contributed by atoms with Crippen molar-refractivity contribution in [2.45, 2.75) is 50.5 Å². The van der Waals surface area contributed by atoms with Crippen LogP contribution >= 0.6 is 11.8 Å². The van der Waals surface area contributed by atoms with Crippen molar-refractivity contribution in [1.82, 2.24) is 19.2 Å². The van der Waals surface area contributed by atoms with Crippen LogP contribution in [0, 0.1) is 6.92 Å². The van der Waals surface area contributed by atoms with Gasteiger partial charge in [-0.15, -0.1) is 11.8 Å². The minimum absolute atomic E-state index is 0.157. The quantitative estimate of drug-likeness (QED) is 0.361. The van der Waals surface area contributed by atoms with Crippen LogP contribution < -0.4 is 15.6 Å². The van der Waals surface area contributed by atoms with Crippen LogP contribution in [-0.4, -0.2) is 31.2 Å². The van der Waals surface area contributed by atoms with Crippen LogP contribution in [0.5, 0.6) is 5.75 Å². The van der Waals surface area contributed by atoms with Gasteiger partial charge < -0.3 is 10.1 Å². The summed E-state index contributed by atoms with van der Waals surface area (Å²) in [4.78, 5) is 35.0. The fourth-order valence-electron chi connectivity index (χ4n) is 3.42. The number of para-hydroxylation sites is 1. The maximum atomic E-state index is 12.7. The third-order valence-corrected chi connectivity index (χ3v) is 6.28. The molecule has 0 fully saturated rings. The third kappa shape index (κ3) is 5.48. The molecule has 2 heterocycles. The lowest BCUT2D eigenvalue weighted by Crippen LogP contribution is -2.30. The van der Waals surface area contributed by atoms with Crippen molar-refractivity contribution in [2.24, 2.45) is 0 Å². The topological polar surface area (TPSA) is 90.5 Å². The smallest absolute Gasteiger partial charge is 0.274 e. The van der Waals surface area contributed by atoms with Gasteiger partial charge in [-0.2, -0.15) is 9.50 Å². The zero-order chi connectivity index (χ0) is 24.1. The van der Waals surface area contributed by atoms with Crippen LogP contribution in [-0.2, 0) is 17.1 Å². The van der Waals surface area contributed by atoms with Crippen LogP contribution in [0.3, 0.4) is 0 Å². The summed E-state index contributed by atoms with van der Waals surface area (Å²) in [7, 11) is 0. The predicted molar refractivity (Wildman–Crippen MR) is 133 cm³/mol. The number of thioether (sulfide) groups is 1. The van der Waals surface area contributed by atoms with E-state index in [2.05, 4.69) is 15.3 Å². The highest BCUT2D eigenvalue weighted by atomic mass is 32.2. The van der Waals surface area contributed by atoms with E-state index in [-0.39, 0.29) is 11.5 Å². The standard InChI is InChI=1S/C25H27N5O3S/c1-4-13-29-16-26-25-27-19(14-23(31)30(25)29)15-34-22-8-6-5-7-21(22)28-24(32)18(3)33-20-11-9-17(2)10-12-20/h5-12,14,16,18H,4,13,15H2,1-3H3,(H,28,32). The molecule has 1 atom stereocenters. The Morgan fingerprint density at radius 1 is 1.18 bits per heavy atom. The maximum absolute atomic E-state index is 12.7. The van der Waals surface area contributed by atoms with Gasteiger partial charge in [0.2, 0.25) is 0 Å². The zero-order valence-corrected chi connectivity index (χ0v) is 20.2. The lowest BCUT2D eigenvalue weighted by Gasteiger charge is -2.16. The first kappa shape index (κ1) is 23.6. The molecule has 0 spiro atoms. The van der Waals surface area contributed by atoms with Crippen LogP contribution in [0.15, 0.2) is 70.6 Å². The van der Waals surface area contributed by atoms with Crippen LogP contribution in [0.25, 0.3) is 5.78 Å². The molecule has 8 nitrogen and oxygen atoms in total. The van der Waals surface area contributed by atoms with Crippen LogP contribution in [0.1, 0.15) is 31.5 Å². The normalized spacial score (nSPS) is 12.0. The van der Waals surface area contributed by atoms with E-state index in [0.717, 1.165) is 16.9 Å². The molecule has 1 amide bonds. The number of amides is 1. The second kappa shape index (κ2) is 10.6. The Kier molecular flexibility index (Phi) is 7.32. The van der Waals surface area contributed by atoms with Gasteiger partial charge in [0.1, 0.15) is 12.1 Å². The number of hydrogen-bond acceptors (Lipinski definition) is 6. The van der Waals surface area contributed by atoms with Crippen molar-refractivity contribution >= 4 is 29.1 Å².